The molecule has 4 rings (SSSR count). The van der Waals surface area contributed by atoms with Crippen LogP contribution in [0.25, 0.3) is 9.88 Å². The minimum atomic E-state index is -0.542. The van der Waals surface area contributed by atoms with Crippen molar-refractivity contribution in [1.82, 2.24) is 20.1 Å². The molecule has 3 heterocycles. The third-order valence-electron chi connectivity index (χ3n) is 4.74. The fourth-order valence-electron chi connectivity index (χ4n) is 3.00. The second-order valence-corrected chi connectivity index (χ2v) is 9.58. The molecule has 148 valence electrons. The molecule has 1 saturated carbocycles. The van der Waals surface area contributed by atoms with Crippen molar-refractivity contribution >= 4 is 52.0 Å². The highest BCUT2D eigenvalue weighted by Gasteiger charge is 2.32. The Kier molecular flexibility index (Phi) is 5.39. The second kappa shape index (κ2) is 7.81. The predicted molar refractivity (Wildman–Crippen MR) is 109 cm³/mol. The van der Waals surface area contributed by atoms with E-state index >= 15 is 0 Å². The topological polar surface area (TPSA) is 82.6 Å². The first kappa shape index (κ1) is 19.4. The summed E-state index contributed by atoms with van der Waals surface area (Å²) in [4.78, 5) is 46.3. The van der Waals surface area contributed by atoms with E-state index in [1.54, 1.807) is 4.90 Å². The maximum Gasteiger partial charge on any atom is 0.312 e. The van der Waals surface area contributed by atoms with Gasteiger partial charge >= 0.3 is 11.8 Å². The monoisotopic (exact) mass is 438 g/mol. The molecule has 0 radical (unpaired) electrons. The number of halogens is 1. The largest absolute Gasteiger partial charge is 0.345 e. The van der Waals surface area contributed by atoms with E-state index in [1.165, 1.54) is 27.6 Å². The highest BCUT2D eigenvalue weighted by molar-refractivity contribution is 7.24. The summed E-state index contributed by atoms with van der Waals surface area (Å²) in [5.74, 6) is -1.14. The van der Waals surface area contributed by atoms with Crippen LogP contribution in [0.3, 0.4) is 0 Å². The van der Waals surface area contributed by atoms with Crippen molar-refractivity contribution in [3.05, 3.63) is 27.0 Å². The van der Waals surface area contributed by atoms with E-state index < -0.39 is 11.8 Å². The number of amides is 3. The van der Waals surface area contributed by atoms with Crippen LogP contribution in [-0.2, 0) is 9.59 Å². The molecular formula is C18H19ClN4O3S2. The Morgan fingerprint density at radius 2 is 1.79 bits per heavy atom. The van der Waals surface area contributed by atoms with Crippen molar-refractivity contribution in [2.75, 3.05) is 26.2 Å². The first-order chi connectivity index (χ1) is 13.4. The van der Waals surface area contributed by atoms with Crippen LogP contribution in [0.5, 0.6) is 0 Å². The van der Waals surface area contributed by atoms with Crippen LogP contribution < -0.4 is 5.32 Å². The normalized spacial score (nSPS) is 16.9. The lowest BCUT2D eigenvalue weighted by Gasteiger charge is -2.34. The lowest BCUT2D eigenvalue weighted by molar-refractivity contribution is -0.146. The number of hydrogen-bond acceptors (Lipinski definition) is 6. The molecule has 0 atom stereocenters. The van der Waals surface area contributed by atoms with Gasteiger partial charge in [0, 0.05) is 32.2 Å². The van der Waals surface area contributed by atoms with E-state index in [-0.39, 0.29) is 11.9 Å². The van der Waals surface area contributed by atoms with Crippen molar-refractivity contribution in [1.29, 1.82) is 0 Å². The number of nitrogens with one attached hydrogen (secondary N) is 1. The van der Waals surface area contributed by atoms with Gasteiger partial charge in [-0.05, 0) is 31.9 Å². The van der Waals surface area contributed by atoms with Crippen molar-refractivity contribution in [2.45, 2.75) is 25.8 Å². The Morgan fingerprint density at radius 1 is 1.11 bits per heavy atom. The Balaban J connectivity index is 1.38. The smallest absolute Gasteiger partial charge is 0.312 e. The third kappa shape index (κ3) is 4.06. The minimum Gasteiger partial charge on any atom is -0.345 e. The summed E-state index contributed by atoms with van der Waals surface area (Å²) in [7, 11) is 0. The molecule has 2 aromatic heterocycles. The van der Waals surface area contributed by atoms with Crippen LogP contribution in [0.2, 0.25) is 4.34 Å². The van der Waals surface area contributed by atoms with E-state index in [4.69, 9.17) is 11.6 Å². The van der Waals surface area contributed by atoms with Gasteiger partial charge in [-0.15, -0.1) is 22.7 Å². The van der Waals surface area contributed by atoms with Gasteiger partial charge in [0.1, 0.15) is 9.88 Å². The molecule has 3 amide bonds. The van der Waals surface area contributed by atoms with Gasteiger partial charge in [0.2, 0.25) is 0 Å². The van der Waals surface area contributed by atoms with Crippen LogP contribution in [0.4, 0.5) is 0 Å². The Morgan fingerprint density at radius 3 is 2.39 bits per heavy atom. The Labute approximate surface area is 175 Å². The van der Waals surface area contributed by atoms with Gasteiger partial charge < -0.3 is 15.1 Å². The first-order valence-corrected chi connectivity index (χ1v) is 11.1. The summed E-state index contributed by atoms with van der Waals surface area (Å²) in [6, 6.07) is 3.87. The molecule has 1 aliphatic heterocycles. The lowest BCUT2D eigenvalue weighted by Crippen LogP contribution is -2.54. The van der Waals surface area contributed by atoms with E-state index in [0.29, 0.717) is 41.1 Å². The number of hydrogen-bond donors (Lipinski definition) is 1. The van der Waals surface area contributed by atoms with Crippen LogP contribution in [-0.4, -0.2) is 64.7 Å². The number of thiazole rings is 1. The number of piperazine rings is 1. The molecule has 1 aliphatic carbocycles. The standard InChI is InChI=1S/C18H19ClN4O3S2/c1-10-14(28-16(20-10)12-4-5-13(19)27-12)17(25)22-6-8-23(9-7-22)18(26)15(24)21-11-2-3-11/h4-5,11H,2-3,6-9H2,1H3,(H,21,24). The number of nitrogens with zero attached hydrogens (tertiary/aromatic N) is 3. The van der Waals surface area contributed by atoms with Gasteiger partial charge in [-0.1, -0.05) is 11.6 Å². The zero-order valence-electron chi connectivity index (χ0n) is 15.2. The van der Waals surface area contributed by atoms with Gasteiger partial charge in [-0.25, -0.2) is 4.98 Å². The fourth-order valence-corrected chi connectivity index (χ4v) is 5.14. The van der Waals surface area contributed by atoms with Crippen LogP contribution >= 0.6 is 34.3 Å². The quantitative estimate of drug-likeness (QED) is 0.746. The highest BCUT2D eigenvalue weighted by Crippen LogP contribution is 2.35. The molecule has 2 aromatic rings. The number of aromatic nitrogens is 1. The Hall–Kier alpha value is -1.97. The van der Waals surface area contributed by atoms with Crippen LogP contribution in [0.1, 0.15) is 28.2 Å². The number of carbonyl (C=O) groups is 3. The molecule has 0 spiro atoms. The van der Waals surface area contributed by atoms with E-state index in [1.807, 2.05) is 19.1 Å². The van der Waals surface area contributed by atoms with Crippen molar-refractivity contribution < 1.29 is 14.4 Å². The van der Waals surface area contributed by atoms with Crippen molar-refractivity contribution in [2.24, 2.45) is 0 Å². The predicted octanol–water partition coefficient (Wildman–Crippen LogP) is 2.40. The molecular weight excluding hydrogens is 420 g/mol. The van der Waals surface area contributed by atoms with Gasteiger partial charge in [-0.3, -0.25) is 14.4 Å². The maximum atomic E-state index is 12.9. The summed E-state index contributed by atoms with van der Waals surface area (Å²) < 4.78 is 0.683. The number of rotatable bonds is 3. The van der Waals surface area contributed by atoms with Gasteiger partial charge in [-0.2, -0.15) is 0 Å². The number of carbonyl (C=O) groups excluding carboxylic acids is 3. The molecule has 0 aromatic carbocycles. The second-order valence-electron chi connectivity index (χ2n) is 6.87. The molecule has 28 heavy (non-hydrogen) atoms. The summed E-state index contributed by atoms with van der Waals surface area (Å²) >= 11 is 8.78. The Bertz CT molecular complexity index is 929. The minimum absolute atomic E-state index is 0.0848. The van der Waals surface area contributed by atoms with Gasteiger partial charge in [0.25, 0.3) is 5.91 Å². The van der Waals surface area contributed by atoms with Crippen LogP contribution in [0, 0.1) is 6.92 Å². The molecule has 0 bridgehead atoms. The molecule has 2 fully saturated rings. The average molecular weight is 439 g/mol. The van der Waals surface area contributed by atoms with Gasteiger partial charge in [0.15, 0.2) is 0 Å². The zero-order valence-corrected chi connectivity index (χ0v) is 17.6. The fraction of sp³-hybridized carbons (Fsp3) is 0.444. The van der Waals surface area contributed by atoms with Crippen molar-refractivity contribution in [3.8, 4) is 9.88 Å². The first-order valence-electron chi connectivity index (χ1n) is 9.04. The van der Waals surface area contributed by atoms with Gasteiger partial charge in [0.05, 0.1) is 14.9 Å². The molecule has 7 nitrogen and oxygen atoms in total. The molecule has 1 saturated heterocycles. The number of thiophene rings is 1. The molecule has 1 N–H and O–H groups in total. The van der Waals surface area contributed by atoms with Crippen LogP contribution in [0.15, 0.2) is 12.1 Å². The van der Waals surface area contributed by atoms with Crippen molar-refractivity contribution in [3.63, 3.8) is 0 Å². The summed E-state index contributed by atoms with van der Waals surface area (Å²) in [6.45, 7) is 3.34. The number of aryl methyl sites for hydroxylation is 1. The molecule has 10 heteroatoms. The van der Waals surface area contributed by atoms with E-state index in [2.05, 4.69) is 10.3 Å². The van der Waals surface area contributed by atoms with E-state index in [9.17, 15) is 14.4 Å². The molecule has 0 unspecified atom stereocenters. The lowest BCUT2D eigenvalue weighted by atomic mass is 10.2. The SMILES string of the molecule is Cc1nc(-c2ccc(Cl)s2)sc1C(=O)N1CCN(C(=O)C(=O)NC2CC2)CC1. The summed E-state index contributed by atoms with van der Waals surface area (Å²) in [6.07, 6.45) is 1.88. The summed E-state index contributed by atoms with van der Waals surface area (Å²) in [5.41, 5.74) is 0.692. The highest BCUT2D eigenvalue weighted by atomic mass is 35.5. The average Bonchev–Trinajstić information content (AvgIpc) is 3.26. The third-order valence-corrected chi connectivity index (χ3v) is 7.28. The maximum absolute atomic E-state index is 12.9. The summed E-state index contributed by atoms with van der Waals surface area (Å²) in [5, 5.41) is 3.49. The van der Waals surface area contributed by atoms with E-state index in [0.717, 1.165) is 22.7 Å². The zero-order chi connectivity index (χ0) is 19.8. The molecule has 2 aliphatic rings.